The molecule has 0 atom stereocenters. The molecule has 1 aromatic carbocycles. The van der Waals surface area contributed by atoms with E-state index in [2.05, 4.69) is 15.3 Å². The SMILES string of the molecule is COc1cccc(/C=N\n2c(C)c3c(C)nnc(C)c3c2C)c1O. The van der Waals surface area contributed by atoms with Gasteiger partial charge in [-0.25, -0.2) is 4.68 Å². The summed E-state index contributed by atoms with van der Waals surface area (Å²) in [5, 5.41) is 25.3. The quantitative estimate of drug-likeness (QED) is 0.751. The average molecular weight is 324 g/mol. The van der Waals surface area contributed by atoms with Crippen molar-refractivity contribution in [3.05, 3.63) is 46.5 Å². The summed E-state index contributed by atoms with van der Waals surface area (Å²) in [6.45, 7) is 7.91. The highest BCUT2D eigenvalue weighted by Crippen LogP contribution is 2.30. The molecule has 2 aromatic heterocycles. The van der Waals surface area contributed by atoms with Gasteiger partial charge in [-0.2, -0.15) is 15.3 Å². The minimum absolute atomic E-state index is 0.0754. The number of hydrogen-bond acceptors (Lipinski definition) is 5. The molecule has 0 aliphatic rings. The first-order valence-electron chi connectivity index (χ1n) is 7.67. The van der Waals surface area contributed by atoms with Crippen LogP contribution < -0.4 is 4.74 Å². The Labute approximate surface area is 140 Å². The fourth-order valence-electron chi connectivity index (χ4n) is 3.06. The van der Waals surface area contributed by atoms with Crippen molar-refractivity contribution >= 4 is 17.0 Å². The van der Waals surface area contributed by atoms with E-state index in [1.807, 2.05) is 38.4 Å². The van der Waals surface area contributed by atoms with Gasteiger partial charge in [-0.15, -0.1) is 0 Å². The lowest BCUT2D eigenvalue weighted by molar-refractivity contribution is 0.373. The number of rotatable bonds is 3. The van der Waals surface area contributed by atoms with Crippen molar-refractivity contribution in [3.8, 4) is 11.5 Å². The van der Waals surface area contributed by atoms with Gasteiger partial charge in [0.25, 0.3) is 0 Å². The number of ether oxygens (including phenoxy) is 1. The van der Waals surface area contributed by atoms with Crippen molar-refractivity contribution in [1.29, 1.82) is 0 Å². The summed E-state index contributed by atoms with van der Waals surface area (Å²) in [4.78, 5) is 0. The molecular weight excluding hydrogens is 304 g/mol. The van der Waals surface area contributed by atoms with E-state index in [-0.39, 0.29) is 5.75 Å². The lowest BCUT2D eigenvalue weighted by Crippen LogP contribution is -1.96. The summed E-state index contributed by atoms with van der Waals surface area (Å²) in [5.74, 6) is 0.497. The zero-order chi connectivity index (χ0) is 17.4. The first-order valence-corrected chi connectivity index (χ1v) is 7.67. The van der Waals surface area contributed by atoms with Crippen LogP contribution in [-0.4, -0.2) is 33.3 Å². The predicted molar refractivity (Wildman–Crippen MR) is 94.1 cm³/mol. The summed E-state index contributed by atoms with van der Waals surface area (Å²) < 4.78 is 6.98. The van der Waals surface area contributed by atoms with E-state index < -0.39 is 0 Å². The van der Waals surface area contributed by atoms with E-state index in [1.165, 1.54) is 7.11 Å². The Morgan fingerprint density at radius 3 is 2.17 bits per heavy atom. The number of methoxy groups -OCH3 is 1. The number of hydrogen-bond donors (Lipinski definition) is 1. The zero-order valence-electron chi connectivity index (χ0n) is 14.5. The Bertz CT molecular complexity index is 913. The number of benzene rings is 1. The van der Waals surface area contributed by atoms with Gasteiger partial charge in [0.2, 0.25) is 0 Å². The zero-order valence-corrected chi connectivity index (χ0v) is 14.5. The van der Waals surface area contributed by atoms with Crippen LogP contribution in [0.5, 0.6) is 11.5 Å². The van der Waals surface area contributed by atoms with Crippen LogP contribution in [0.3, 0.4) is 0 Å². The van der Waals surface area contributed by atoms with Crippen molar-refractivity contribution < 1.29 is 9.84 Å². The number of para-hydroxylation sites is 1. The lowest BCUT2D eigenvalue weighted by atomic mass is 10.1. The van der Waals surface area contributed by atoms with Gasteiger partial charge >= 0.3 is 0 Å². The fraction of sp³-hybridized carbons (Fsp3) is 0.278. The maximum atomic E-state index is 10.2. The highest BCUT2D eigenvalue weighted by Gasteiger charge is 2.16. The number of aromatic nitrogens is 3. The fourth-order valence-corrected chi connectivity index (χ4v) is 3.06. The number of aryl methyl sites for hydroxylation is 4. The molecule has 0 radical (unpaired) electrons. The van der Waals surface area contributed by atoms with Gasteiger partial charge in [0.05, 0.1) is 24.7 Å². The van der Waals surface area contributed by atoms with E-state index in [9.17, 15) is 5.11 Å². The van der Waals surface area contributed by atoms with Crippen molar-refractivity contribution in [2.75, 3.05) is 7.11 Å². The second kappa shape index (κ2) is 5.96. The van der Waals surface area contributed by atoms with E-state index in [4.69, 9.17) is 4.74 Å². The molecule has 1 N–H and O–H groups in total. The molecule has 0 spiro atoms. The molecule has 6 heteroatoms. The third-order valence-electron chi connectivity index (χ3n) is 4.25. The monoisotopic (exact) mass is 324 g/mol. The third-order valence-corrected chi connectivity index (χ3v) is 4.25. The standard InChI is InChI=1S/C18H20N4O2/c1-10-16-12(3)22(13(4)17(16)11(2)21-20-10)19-9-14-7-6-8-15(24-5)18(14)23/h6-9,23H,1-5H3/b19-9-. The first kappa shape index (κ1) is 16.0. The molecule has 0 aliphatic carbocycles. The van der Waals surface area contributed by atoms with Crippen LogP contribution in [0.4, 0.5) is 0 Å². The van der Waals surface area contributed by atoms with Crippen molar-refractivity contribution in [3.63, 3.8) is 0 Å². The van der Waals surface area contributed by atoms with Gasteiger partial charge in [0.15, 0.2) is 11.5 Å². The van der Waals surface area contributed by atoms with Crippen LogP contribution in [0.15, 0.2) is 23.3 Å². The molecule has 0 fully saturated rings. The molecule has 124 valence electrons. The van der Waals surface area contributed by atoms with Crippen LogP contribution in [-0.2, 0) is 0 Å². The maximum absolute atomic E-state index is 10.2. The molecule has 0 saturated carbocycles. The topological polar surface area (TPSA) is 72.5 Å². The highest BCUT2D eigenvalue weighted by atomic mass is 16.5. The molecule has 0 bridgehead atoms. The van der Waals surface area contributed by atoms with Crippen LogP contribution in [0, 0.1) is 27.7 Å². The minimum Gasteiger partial charge on any atom is -0.504 e. The van der Waals surface area contributed by atoms with Crippen LogP contribution >= 0.6 is 0 Å². The van der Waals surface area contributed by atoms with Gasteiger partial charge in [-0.05, 0) is 39.8 Å². The van der Waals surface area contributed by atoms with E-state index in [0.29, 0.717) is 11.3 Å². The summed E-state index contributed by atoms with van der Waals surface area (Å²) in [6.07, 6.45) is 1.63. The largest absolute Gasteiger partial charge is 0.504 e. The van der Waals surface area contributed by atoms with Crippen LogP contribution in [0.1, 0.15) is 28.3 Å². The molecule has 0 aliphatic heterocycles. The molecule has 24 heavy (non-hydrogen) atoms. The summed E-state index contributed by atoms with van der Waals surface area (Å²) in [5.41, 5.74) is 4.35. The Balaban J connectivity index is 2.15. The van der Waals surface area contributed by atoms with E-state index >= 15 is 0 Å². The van der Waals surface area contributed by atoms with Crippen LogP contribution in [0.25, 0.3) is 10.8 Å². The van der Waals surface area contributed by atoms with E-state index in [1.54, 1.807) is 18.3 Å². The molecular formula is C18H20N4O2. The molecule has 0 saturated heterocycles. The lowest BCUT2D eigenvalue weighted by Gasteiger charge is -2.06. The average Bonchev–Trinajstić information content (AvgIpc) is 2.82. The summed E-state index contributed by atoms with van der Waals surface area (Å²) >= 11 is 0. The van der Waals surface area contributed by atoms with Gasteiger partial charge in [0.1, 0.15) is 0 Å². The molecule has 6 nitrogen and oxygen atoms in total. The smallest absolute Gasteiger partial charge is 0.166 e. The summed E-state index contributed by atoms with van der Waals surface area (Å²) in [6, 6.07) is 5.31. The van der Waals surface area contributed by atoms with Crippen LogP contribution in [0.2, 0.25) is 0 Å². The molecule has 2 heterocycles. The van der Waals surface area contributed by atoms with Gasteiger partial charge in [-0.1, -0.05) is 6.07 Å². The minimum atomic E-state index is 0.0754. The molecule has 3 rings (SSSR count). The second-order valence-electron chi connectivity index (χ2n) is 5.75. The van der Waals surface area contributed by atoms with Gasteiger partial charge < -0.3 is 9.84 Å². The Hall–Kier alpha value is -2.89. The normalized spacial score (nSPS) is 11.5. The Morgan fingerprint density at radius 1 is 1.04 bits per heavy atom. The van der Waals surface area contributed by atoms with Crippen molar-refractivity contribution in [2.24, 2.45) is 5.10 Å². The molecule has 3 aromatic rings. The Morgan fingerprint density at radius 2 is 1.62 bits per heavy atom. The predicted octanol–water partition coefficient (Wildman–Crippen LogP) is 3.26. The van der Waals surface area contributed by atoms with Gasteiger partial charge in [0, 0.05) is 27.7 Å². The summed E-state index contributed by atoms with van der Waals surface area (Å²) in [7, 11) is 1.52. The van der Waals surface area contributed by atoms with Crippen molar-refractivity contribution in [2.45, 2.75) is 27.7 Å². The van der Waals surface area contributed by atoms with Crippen molar-refractivity contribution in [1.82, 2.24) is 14.9 Å². The molecule has 0 amide bonds. The first-order chi connectivity index (χ1) is 11.5. The maximum Gasteiger partial charge on any atom is 0.166 e. The van der Waals surface area contributed by atoms with Gasteiger partial charge in [-0.3, -0.25) is 0 Å². The number of phenols is 1. The third kappa shape index (κ3) is 2.40. The highest BCUT2D eigenvalue weighted by molar-refractivity contribution is 5.92. The Kier molecular flexibility index (Phi) is 3.97. The number of aromatic hydroxyl groups is 1. The second-order valence-corrected chi connectivity index (χ2v) is 5.75. The molecule has 0 unspecified atom stereocenters. The number of fused-ring (bicyclic) bond motifs is 1. The number of nitrogens with zero attached hydrogens (tertiary/aromatic N) is 4. The van der Waals surface area contributed by atoms with E-state index in [0.717, 1.165) is 33.5 Å². The number of phenolic OH excluding ortho intramolecular Hbond substituents is 1.